The first-order valence-electron chi connectivity index (χ1n) is 5.58. The number of rotatable bonds is 3. The standard InChI is InChI=1S/C12H12ClN3O3/c1-7-10(13)6-15(14-7)11-4-3-9(8(2)17)5-12(11)16(18)19/h3-6,8,17H,1-2H3/t8-/m1/s1. The van der Waals surface area contributed by atoms with Crippen LogP contribution in [0.5, 0.6) is 0 Å². The Kier molecular flexibility index (Phi) is 3.55. The molecule has 2 aromatic rings. The summed E-state index contributed by atoms with van der Waals surface area (Å²) in [7, 11) is 0. The highest BCUT2D eigenvalue weighted by Crippen LogP contribution is 2.28. The van der Waals surface area contributed by atoms with Gasteiger partial charge >= 0.3 is 0 Å². The van der Waals surface area contributed by atoms with E-state index in [2.05, 4.69) is 5.10 Å². The lowest BCUT2D eigenvalue weighted by Crippen LogP contribution is -2.03. The highest BCUT2D eigenvalue weighted by molar-refractivity contribution is 6.31. The topological polar surface area (TPSA) is 81.2 Å². The van der Waals surface area contributed by atoms with E-state index in [1.54, 1.807) is 26.0 Å². The summed E-state index contributed by atoms with van der Waals surface area (Å²) in [4.78, 5) is 10.6. The van der Waals surface area contributed by atoms with Crippen molar-refractivity contribution >= 4 is 17.3 Å². The monoisotopic (exact) mass is 281 g/mol. The van der Waals surface area contributed by atoms with E-state index in [9.17, 15) is 15.2 Å². The Labute approximate surface area is 114 Å². The number of aryl methyl sites for hydroxylation is 1. The third-order valence-electron chi connectivity index (χ3n) is 2.76. The van der Waals surface area contributed by atoms with Crippen LogP contribution in [0.2, 0.25) is 5.02 Å². The predicted octanol–water partition coefficient (Wildman–Crippen LogP) is 2.80. The van der Waals surface area contributed by atoms with E-state index < -0.39 is 11.0 Å². The molecule has 0 radical (unpaired) electrons. The molecule has 0 fully saturated rings. The van der Waals surface area contributed by atoms with Gasteiger partial charge in [-0.25, -0.2) is 4.68 Å². The molecular formula is C12H12ClN3O3. The number of hydrogen-bond donors (Lipinski definition) is 1. The summed E-state index contributed by atoms with van der Waals surface area (Å²) in [5, 5.41) is 25.1. The van der Waals surface area contributed by atoms with E-state index in [1.807, 2.05) is 0 Å². The van der Waals surface area contributed by atoms with Crippen LogP contribution in [0.15, 0.2) is 24.4 Å². The zero-order valence-electron chi connectivity index (χ0n) is 10.4. The van der Waals surface area contributed by atoms with Gasteiger partial charge in [0.05, 0.1) is 21.7 Å². The highest BCUT2D eigenvalue weighted by atomic mass is 35.5. The van der Waals surface area contributed by atoms with Gasteiger partial charge in [0.2, 0.25) is 0 Å². The molecule has 0 bridgehead atoms. The Bertz CT molecular complexity index is 618. The maximum absolute atomic E-state index is 11.1. The molecule has 1 aromatic carbocycles. The SMILES string of the molecule is Cc1nn(-c2ccc([C@@H](C)O)cc2[N+](=O)[O-])cc1Cl. The molecular weight excluding hydrogens is 270 g/mol. The minimum absolute atomic E-state index is 0.127. The van der Waals surface area contributed by atoms with E-state index >= 15 is 0 Å². The van der Waals surface area contributed by atoms with Crippen molar-refractivity contribution in [3.05, 3.63) is 50.8 Å². The maximum atomic E-state index is 11.1. The van der Waals surface area contributed by atoms with E-state index in [-0.39, 0.29) is 5.69 Å². The molecule has 0 spiro atoms. The lowest BCUT2D eigenvalue weighted by molar-refractivity contribution is -0.384. The Balaban J connectivity index is 2.59. The molecule has 0 saturated carbocycles. The van der Waals surface area contributed by atoms with Crippen LogP contribution in [0.3, 0.4) is 0 Å². The Morgan fingerprint density at radius 2 is 2.21 bits per heavy atom. The van der Waals surface area contributed by atoms with Crippen LogP contribution in [0, 0.1) is 17.0 Å². The third kappa shape index (κ3) is 2.59. The highest BCUT2D eigenvalue weighted by Gasteiger charge is 2.19. The summed E-state index contributed by atoms with van der Waals surface area (Å²) in [5.74, 6) is 0. The maximum Gasteiger partial charge on any atom is 0.295 e. The molecule has 1 atom stereocenters. The van der Waals surface area contributed by atoms with Gasteiger partial charge < -0.3 is 5.11 Å². The predicted molar refractivity (Wildman–Crippen MR) is 70.6 cm³/mol. The average molecular weight is 282 g/mol. The summed E-state index contributed by atoms with van der Waals surface area (Å²) in [6.07, 6.45) is 0.747. The fourth-order valence-electron chi connectivity index (χ4n) is 1.70. The fourth-order valence-corrected chi connectivity index (χ4v) is 1.83. The number of nitro benzene ring substituents is 1. The van der Waals surface area contributed by atoms with Crippen molar-refractivity contribution in [1.29, 1.82) is 0 Å². The zero-order chi connectivity index (χ0) is 14.2. The second-order valence-corrected chi connectivity index (χ2v) is 4.60. The van der Waals surface area contributed by atoms with Crippen LogP contribution in [-0.4, -0.2) is 19.8 Å². The van der Waals surface area contributed by atoms with Crippen molar-refractivity contribution < 1.29 is 10.0 Å². The van der Waals surface area contributed by atoms with Crippen LogP contribution in [0.25, 0.3) is 5.69 Å². The molecule has 1 N–H and O–H groups in total. The second kappa shape index (κ2) is 4.99. The van der Waals surface area contributed by atoms with Gasteiger partial charge in [-0.2, -0.15) is 5.10 Å². The Morgan fingerprint density at radius 1 is 1.53 bits per heavy atom. The summed E-state index contributed by atoms with van der Waals surface area (Å²) < 4.78 is 1.36. The second-order valence-electron chi connectivity index (χ2n) is 4.19. The van der Waals surface area contributed by atoms with Crippen molar-refractivity contribution in [1.82, 2.24) is 9.78 Å². The quantitative estimate of drug-likeness (QED) is 0.693. The number of nitro groups is 1. The van der Waals surface area contributed by atoms with Crippen LogP contribution in [0.1, 0.15) is 24.3 Å². The van der Waals surface area contributed by atoms with Gasteiger partial charge in [-0.3, -0.25) is 10.1 Å². The van der Waals surface area contributed by atoms with Gasteiger partial charge in [-0.1, -0.05) is 17.7 Å². The molecule has 2 rings (SSSR count). The number of hydrogen-bond acceptors (Lipinski definition) is 4. The Hall–Kier alpha value is -1.92. The van der Waals surface area contributed by atoms with Crippen LogP contribution in [0.4, 0.5) is 5.69 Å². The van der Waals surface area contributed by atoms with Crippen LogP contribution < -0.4 is 0 Å². The summed E-state index contributed by atoms with van der Waals surface area (Å²) >= 11 is 5.90. The lowest BCUT2D eigenvalue weighted by atomic mass is 10.1. The van der Waals surface area contributed by atoms with E-state index in [1.165, 1.54) is 16.9 Å². The van der Waals surface area contributed by atoms with Crippen molar-refractivity contribution in [2.75, 3.05) is 0 Å². The first kappa shape index (κ1) is 13.5. The van der Waals surface area contributed by atoms with Crippen molar-refractivity contribution in [2.45, 2.75) is 20.0 Å². The molecule has 0 amide bonds. The minimum Gasteiger partial charge on any atom is -0.389 e. The first-order valence-corrected chi connectivity index (χ1v) is 5.96. The third-order valence-corrected chi connectivity index (χ3v) is 3.14. The number of aliphatic hydroxyl groups is 1. The van der Waals surface area contributed by atoms with Crippen LogP contribution >= 0.6 is 11.6 Å². The fraction of sp³-hybridized carbons (Fsp3) is 0.250. The van der Waals surface area contributed by atoms with Gasteiger partial charge in [-0.15, -0.1) is 0 Å². The summed E-state index contributed by atoms with van der Waals surface area (Å²) in [6.45, 7) is 3.27. The average Bonchev–Trinajstić information content (AvgIpc) is 2.68. The van der Waals surface area contributed by atoms with E-state index in [4.69, 9.17) is 11.6 Å². The van der Waals surface area contributed by atoms with Crippen LogP contribution in [-0.2, 0) is 0 Å². The normalized spacial score (nSPS) is 12.4. The van der Waals surface area contributed by atoms with Gasteiger partial charge in [-0.05, 0) is 25.5 Å². The number of nitrogens with zero attached hydrogens (tertiary/aromatic N) is 3. The molecule has 0 aliphatic carbocycles. The molecule has 1 heterocycles. The van der Waals surface area contributed by atoms with Gasteiger partial charge in [0.1, 0.15) is 5.69 Å². The first-order chi connectivity index (χ1) is 8.90. The summed E-state index contributed by atoms with van der Waals surface area (Å²) in [5.41, 5.74) is 1.25. The van der Waals surface area contributed by atoms with Gasteiger partial charge in [0.25, 0.3) is 5.69 Å². The molecule has 1 aromatic heterocycles. The minimum atomic E-state index is -0.768. The smallest absolute Gasteiger partial charge is 0.295 e. The lowest BCUT2D eigenvalue weighted by Gasteiger charge is -2.07. The van der Waals surface area contributed by atoms with Gasteiger partial charge in [0.15, 0.2) is 0 Å². The van der Waals surface area contributed by atoms with Crippen molar-refractivity contribution in [3.8, 4) is 5.69 Å². The number of aromatic nitrogens is 2. The zero-order valence-corrected chi connectivity index (χ0v) is 11.1. The summed E-state index contributed by atoms with van der Waals surface area (Å²) in [6, 6.07) is 4.51. The van der Waals surface area contributed by atoms with Crippen molar-refractivity contribution in [3.63, 3.8) is 0 Å². The number of aliphatic hydroxyl groups excluding tert-OH is 1. The molecule has 0 aliphatic rings. The molecule has 0 unspecified atom stereocenters. The Morgan fingerprint density at radius 3 is 2.68 bits per heavy atom. The van der Waals surface area contributed by atoms with Gasteiger partial charge in [0, 0.05) is 12.3 Å². The largest absolute Gasteiger partial charge is 0.389 e. The number of benzene rings is 1. The molecule has 0 saturated heterocycles. The number of halogens is 1. The molecule has 100 valence electrons. The van der Waals surface area contributed by atoms with E-state index in [0.29, 0.717) is 22.0 Å². The van der Waals surface area contributed by atoms with E-state index in [0.717, 1.165) is 0 Å². The molecule has 19 heavy (non-hydrogen) atoms. The van der Waals surface area contributed by atoms with Crippen molar-refractivity contribution in [2.24, 2.45) is 0 Å². The molecule has 7 heteroatoms. The molecule has 6 nitrogen and oxygen atoms in total. The molecule has 0 aliphatic heterocycles.